The molecule has 3 aromatic rings. The number of anilines is 4. The predicted octanol–water partition coefficient (Wildman–Crippen LogP) is 0.914. The van der Waals surface area contributed by atoms with Crippen LogP contribution >= 0.6 is 0 Å². The lowest BCUT2D eigenvalue weighted by atomic mass is 9.90. The molecule has 0 bridgehead atoms. The molecule has 2 aliphatic rings. The zero-order valence-electron chi connectivity index (χ0n) is 22.7. The van der Waals surface area contributed by atoms with Crippen molar-refractivity contribution in [3.63, 3.8) is 0 Å². The van der Waals surface area contributed by atoms with Crippen molar-refractivity contribution in [3.05, 3.63) is 60.8 Å². The number of nitrogen functional groups attached to an aromatic ring is 1. The molecule has 8 N–H and O–H groups in total. The minimum Gasteiger partial charge on any atom is -0.403 e. The van der Waals surface area contributed by atoms with E-state index in [9.17, 15) is 9.59 Å². The Bertz CT molecular complexity index is 1430. The highest BCUT2D eigenvalue weighted by Gasteiger charge is 2.33. The normalized spacial score (nSPS) is 21.7. The van der Waals surface area contributed by atoms with E-state index in [1.807, 2.05) is 29.2 Å². The zero-order valence-corrected chi connectivity index (χ0v) is 22.7. The van der Waals surface area contributed by atoms with E-state index in [0.29, 0.717) is 30.8 Å². The summed E-state index contributed by atoms with van der Waals surface area (Å²) >= 11 is 0. The number of carbonyl (C=O) groups excluding carboxylic acids is 2. The number of aromatic nitrogens is 2. The van der Waals surface area contributed by atoms with Gasteiger partial charge in [-0.1, -0.05) is 13.0 Å². The minimum absolute atomic E-state index is 0.0622. The standard InChI is InChI=1S/C28H36N10O2/c1-17-14-38(15-21(31)26(17)33-8-6-29)24-5-7-32-13-23(24)35-28(40)27-20(30)11-18-3-4-19(12-22(18)34-27)37-10-9-36(2)25(39)16-37/h3-8,11-13,17,21,26,33H,9-10,14-16,29-31H2,1-2H3,(H,35,40)/b8-6-/t17-,21+,26-/m0/s1. The number of nitrogens with one attached hydrogen (secondary N) is 2. The molecule has 0 spiro atoms. The molecule has 1 aromatic carbocycles. The first-order valence-electron chi connectivity index (χ1n) is 13.3. The number of pyridine rings is 2. The van der Waals surface area contributed by atoms with E-state index in [0.717, 1.165) is 29.9 Å². The van der Waals surface area contributed by atoms with Crippen LogP contribution in [0.25, 0.3) is 10.9 Å². The van der Waals surface area contributed by atoms with Crippen LogP contribution in [0.2, 0.25) is 0 Å². The number of benzene rings is 1. The molecule has 12 heteroatoms. The Morgan fingerprint density at radius 1 is 1.15 bits per heavy atom. The quantitative estimate of drug-likeness (QED) is 0.300. The number of nitrogens with zero attached hydrogens (tertiary/aromatic N) is 5. The second kappa shape index (κ2) is 11.3. The molecule has 0 radical (unpaired) electrons. The Kier molecular flexibility index (Phi) is 7.60. The lowest BCUT2D eigenvalue weighted by Gasteiger charge is -2.42. The van der Waals surface area contributed by atoms with Gasteiger partial charge in [0, 0.05) is 75.0 Å². The fourth-order valence-corrected chi connectivity index (χ4v) is 5.45. The smallest absolute Gasteiger partial charge is 0.276 e. The maximum atomic E-state index is 13.5. The summed E-state index contributed by atoms with van der Waals surface area (Å²) in [7, 11) is 1.80. The summed E-state index contributed by atoms with van der Waals surface area (Å²) in [5.41, 5.74) is 21.5. The van der Waals surface area contributed by atoms with Gasteiger partial charge in [-0.2, -0.15) is 0 Å². The Hall–Kier alpha value is -4.58. The van der Waals surface area contributed by atoms with Crippen molar-refractivity contribution in [2.75, 3.05) is 60.6 Å². The van der Waals surface area contributed by atoms with Gasteiger partial charge < -0.3 is 42.5 Å². The number of piperazine rings is 1. The highest BCUT2D eigenvalue weighted by atomic mass is 16.2. The molecule has 2 aromatic heterocycles. The van der Waals surface area contributed by atoms with Crippen LogP contribution in [-0.4, -0.2) is 78.5 Å². The summed E-state index contributed by atoms with van der Waals surface area (Å²) < 4.78 is 0. The number of nitrogens with two attached hydrogens (primary N) is 3. The van der Waals surface area contributed by atoms with Crippen LogP contribution in [0, 0.1) is 5.92 Å². The molecule has 40 heavy (non-hydrogen) atoms. The molecule has 4 heterocycles. The summed E-state index contributed by atoms with van der Waals surface area (Å²) in [5, 5.41) is 7.05. The highest BCUT2D eigenvalue weighted by Crippen LogP contribution is 2.31. The average molecular weight is 545 g/mol. The topological polar surface area (TPSA) is 172 Å². The number of likely N-dealkylation sites (N-methyl/N-ethyl adjacent to an activating group) is 1. The van der Waals surface area contributed by atoms with Crippen LogP contribution in [0.1, 0.15) is 17.4 Å². The highest BCUT2D eigenvalue weighted by molar-refractivity contribution is 6.09. The van der Waals surface area contributed by atoms with E-state index >= 15 is 0 Å². The van der Waals surface area contributed by atoms with Crippen molar-refractivity contribution in [1.29, 1.82) is 0 Å². The summed E-state index contributed by atoms with van der Waals surface area (Å²) in [4.78, 5) is 40.4. The lowest BCUT2D eigenvalue weighted by molar-refractivity contribution is -0.129. The fraction of sp³-hybridized carbons (Fsp3) is 0.357. The summed E-state index contributed by atoms with van der Waals surface area (Å²) in [6.07, 6.45) is 6.48. The Balaban J connectivity index is 1.37. The molecule has 5 rings (SSSR count). The van der Waals surface area contributed by atoms with Gasteiger partial charge in [-0.15, -0.1) is 0 Å². The van der Waals surface area contributed by atoms with E-state index in [1.54, 1.807) is 36.6 Å². The first-order valence-corrected chi connectivity index (χ1v) is 13.3. The van der Waals surface area contributed by atoms with Gasteiger partial charge in [-0.25, -0.2) is 4.98 Å². The number of fused-ring (bicyclic) bond motifs is 1. The van der Waals surface area contributed by atoms with Crippen LogP contribution in [0.5, 0.6) is 0 Å². The van der Waals surface area contributed by atoms with Crippen molar-refractivity contribution in [1.82, 2.24) is 20.2 Å². The van der Waals surface area contributed by atoms with Gasteiger partial charge in [-0.3, -0.25) is 14.6 Å². The molecule has 2 saturated heterocycles. The van der Waals surface area contributed by atoms with Crippen molar-refractivity contribution in [3.8, 4) is 0 Å². The van der Waals surface area contributed by atoms with Crippen LogP contribution in [0.3, 0.4) is 0 Å². The number of rotatable bonds is 6. The predicted molar refractivity (Wildman–Crippen MR) is 158 cm³/mol. The molecular formula is C28H36N10O2. The Morgan fingerprint density at radius 3 is 2.73 bits per heavy atom. The monoisotopic (exact) mass is 544 g/mol. The van der Waals surface area contributed by atoms with E-state index < -0.39 is 5.91 Å². The summed E-state index contributed by atoms with van der Waals surface area (Å²) in [6.45, 7) is 5.10. The fourth-order valence-electron chi connectivity index (χ4n) is 5.45. The van der Waals surface area contributed by atoms with Crippen molar-refractivity contribution in [2.45, 2.75) is 19.0 Å². The summed E-state index contributed by atoms with van der Waals surface area (Å²) in [5.74, 6) is -0.151. The number of piperidine rings is 1. The maximum Gasteiger partial charge on any atom is 0.276 e. The first-order chi connectivity index (χ1) is 19.2. The van der Waals surface area contributed by atoms with E-state index in [-0.39, 0.29) is 35.3 Å². The van der Waals surface area contributed by atoms with E-state index in [2.05, 4.69) is 32.4 Å². The zero-order chi connectivity index (χ0) is 28.4. The molecule has 0 aliphatic carbocycles. The Morgan fingerprint density at radius 2 is 1.98 bits per heavy atom. The van der Waals surface area contributed by atoms with Crippen molar-refractivity contribution >= 4 is 45.5 Å². The number of carbonyl (C=O) groups is 2. The number of amides is 2. The third-order valence-electron chi connectivity index (χ3n) is 7.65. The van der Waals surface area contributed by atoms with Gasteiger partial charge in [0.15, 0.2) is 5.69 Å². The first kappa shape index (κ1) is 27.0. The van der Waals surface area contributed by atoms with Gasteiger partial charge in [0.1, 0.15) is 0 Å². The lowest BCUT2D eigenvalue weighted by Crippen LogP contribution is -2.60. The summed E-state index contributed by atoms with van der Waals surface area (Å²) in [6, 6.07) is 9.27. The van der Waals surface area contributed by atoms with Gasteiger partial charge >= 0.3 is 0 Å². The molecule has 2 aliphatic heterocycles. The van der Waals surface area contributed by atoms with E-state index in [4.69, 9.17) is 17.2 Å². The van der Waals surface area contributed by atoms with Gasteiger partial charge in [0.05, 0.1) is 35.3 Å². The number of hydrogen-bond acceptors (Lipinski definition) is 10. The third kappa shape index (κ3) is 5.43. The second-order valence-corrected chi connectivity index (χ2v) is 10.5. The van der Waals surface area contributed by atoms with E-state index in [1.165, 1.54) is 6.20 Å². The molecule has 0 unspecified atom stereocenters. The molecule has 210 valence electrons. The SMILES string of the molecule is C[C@H]1CN(c2ccncc2NC(=O)c2nc3cc(N4CCN(C)C(=O)C4)ccc3cc2N)C[C@@H](N)[C@H]1N/C=C\N. The van der Waals surface area contributed by atoms with Gasteiger partial charge in [-0.05, 0) is 30.2 Å². The molecule has 12 nitrogen and oxygen atoms in total. The third-order valence-corrected chi connectivity index (χ3v) is 7.65. The number of hydrogen-bond donors (Lipinski definition) is 5. The van der Waals surface area contributed by atoms with Gasteiger partial charge in [0.2, 0.25) is 5.91 Å². The van der Waals surface area contributed by atoms with Crippen LogP contribution < -0.4 is 37.6 Å². The molecule has 2 amide bonds. The Labute approximate surface area is 233 Å². The van der Waals surface area contributed by atoms with Crippen LogP contribution in [0.4, 0.5) is 22.7 Å². The largest absolute Gasteiger partial charge is 0.403 e. The van der Waals surface area contributed by atoms with Crippen molar-refractivity contribution < 1.29 is 9.59 Å². The van der Waals surface area contributed by atoms with Crippen molar-refractivity contribution in [2.24, 2.45) is 17.4 Å². The maximum absolute atomic E-state index is 13.5. The van der Waals surface area contributed by atoms with Crippen LogP contribution in [0.15, 0.2) is 55.1 Å². The molecule has 0 saturated carbocycles. The minimum atomic E-state index is -0.434. The molecule has 2 fully saturated rings. The molecular weight excluding hydrogens is 508 g/mol. The van der Waals surface area contributed by atoms with Gasteiger partial charge in [0.25, 0.3) is 5.91 Å². The molecule has 3 atom stereocenters. The average Bonchev–Trinajstić information content (AvgIpc) is 2.93. The van der Waals surface area contributed by atoms with Crippen LogP contribution in [-0.2, 0) is 4.79 Å². The second-order valence-electron chi connectivity index (χ2n) is 10.5.